The van der Waals surface area contributed by atoms with Crippen molar-refractivity contribution in [2.24, 2.45) is 0 Å². The van der Waals surface area contributed by atoms with Crippen LogP contribution in [0, 0.1) is 6.92 Å². The number of nitrogens with one attached hydrogen (secondary N) is 1. The third-order valence-corrected chi connectivity index (χ3v) is 6.41. The molecule has 1 N–H and O–H groups in total. The minimum Gasteiger partial charge on any atom is -0.494 e. The van der Waals surface area contributed by atoms with E-state index in [1.807, 2.05) is 57.2 Å². The monoisotopic (exact) mass is 513 g/mol. The molecule has 1 aliphatic carbocycles. The Morgan fingerprint density at radius 2 is 1.97 bits per heavy atom. The average Bonchev–Trinajstić information content (AvgIpc) is 3.69. The first-order valence-electron chi connectivity index (χ1n) is 12.5. The van der Waals surface area contributed by atoms with Crippen molar-refractivity contribution in [3.05, 3.63) is 66.1 Å². The Labute approximate surface area is 219 Å². The van der Waals surface area contributed by atoms with Crippen LogP contribution in [0.3, 0.4) is 0 Å². The van der Waals surface area contributed by atoms with Crippen LogP contribution in [0.1, 0.15) is 42.2 Å². The third-order valence-electron chi connectivity index (χ3n) is 5.99. The number of rotatable bonds is 9. The summed E-state index contributed by atoms with van der Waals surface area (Å²) in [5.41, 5.74) is 3.58. The number of amides is 1. The van der Waals surface area contributed by atoms with E-state index >= 15 is 0 Å². The number of ether oxygens (including phenoxy) is 3. The van der Waals surface area contributed by atoms with Crippen molar-refractivity contribution in [3.8, 4) is 23.0 Å². The van der Waals surface area contributed by atoms with Crippen molar-refractivity contribution >= 4 is 50.4 Å². The second-order valence-electron chi connectivity index (χ2n) is 9.24. The quantitative estimate of drug-likeness (QED) is 0.269. The molecule has 1 fully saturated rings. The van der Waals surface area contributed by atoms with Crippen molar-refractivity contribution in [3.63, 3.8) is 0 Å². The number of carbonyl (C=O) groups excluding carboxylic acids is 1. The van der Waals surface area contributed by atoms with Crippen molar-refractivity contribution in [2.45, 2.75) is 39.2 Å². The standard InChI is InChI=1S/C28H29BN3O4P/c1-3-10-34-19-6-7-20-23(14-19)30-9-8-24(20)36-27-22(29)12-17(13-26(27)37)32-28(33)21-15-31-16(2)11-25(21)35-18-4-5-18/h6-9,11-15,18H,3-5,10,29,37H2,1-2H3,(H,32,33). The van der Waals surface area contributed by atoms with E-state index < -0.39 is 0 Å². The Morgan fingerprint density at radius 3 is 2.73 bits per heavy atom. The second kappa shape index (κ2) is 10.8. The molecule has 9 heteroatoms. The Hall–Kier alpha value is -3.64. The molecule has 7 nitrogen and oxygen atoms in total. The van der Waals surface area contributed by atoms with Gasteiger partial charge in [-0.15, -0.1) is 9.24 Å². The summed E-state index contributed by atoms with van der Waals surface area (Å²) < 4.78 is 18.1. The van der Waals surface area contributed by atoms with Crippen LogP contribution in [0.5, 0.6) is 23.0 Å². The molecule has 37 heavy (non-hydrogen) atoms. The molecule has 1 amide bonds. The maximum absolute atomic E-state index is 13.1. The van der Waals surface area contributed by atoms with Crippen molar-refractivity contribution < 1.29 is 19.0 Å². The zero-order valence-corrected chi connectivity index (χ0v) is 22.4. The van der Waals surface area contributed by atoms with Gasteiger partial charge in [0.05, 0.1) is 18.2 Å². The van der Waals surface area contributed by atoms with E-state index in [1.54, 1.807) is 12.4 Å². The highest BCUT2D eigenvalue weighted by molar-refractivity contribution is 7.27. The molecule has 2 aromatic heterocycles. The number of aromatic nitrogens is 2. The average molecular weight is 513 g/mol. The molecule has 0 radical (unpaired) electrons. The number of hydrogen-bond donors (Lipinski definition) is 1. The number of aryl methyl sites for hydroxylation is 1. The van der Waals surface area contributed by atoms with E-state index in [1.165, 1.54) is 0 Å². The number of fused-ring (bicyclic) bond motifs is 1. The van der Waals surface area contributed by atoms with Gasteiger partial charge in [0.25, 0.3) is 5.91 Å². The summed E-state index contributed by atoms with van der Waals surface area (Å²) >= 11 is 0. The van der Waals surface area contributed by atoms with Crippen LogP contribution in [0.2, 0.25) is 0 Å². The number of carbonyl (C=O) groups is 1. The van der Waals surface area contributed by atoms with Crippen LogP contribution < -0.4 is 30.3 Å². The first-order chi connectivity index (χ1) is 17.9. The number of anilines is 1. The first-order valence-corrected chi connectivity index (χ1v) is 13.0. The van der Waals surface area contributed by atoms with E-state index in [0.717, 1.165) is 52.4 Å². The topological polar surface area (TPSA) is 82.6 Å². The van der Waals surface area contributed by atoms with Crippen molar-refractivity contribution in [1.82, 2.24) is 9.97 Å². The summed E-state index contributed by atoms with van der Waals surface area (Å²) in [4.78, 5) is 21.9. The highest BCUT2D eigenvalue weighted by atomic mass is 31.0. The predicted molar refractivity (Wildman–Crippen MR) is 152 cm³/mol. The molecule has 0 saturated heterocycles. The molecule has 1 atom stereocenters. The van der Waals surface area contributed by atoms with Crippen LogP contribution in [0.15, 0.2) is 54.9 Å². The van der Waals surface area contributed by atoms with Crippen LogP contribution >= 0.6 is 9.24 Å². The Kier molecular flexibility index (Phi) is 7.29. The highest BCUT2D eigenvalue weighted by Gasteiger charge is 2.26. The summed E-state index contributed by atoms with van der Waals surface area (Å²) in [7, 11) is 4.65. The second-order valence-corrected chi connectivity index (χ2v) is 9.87. The van der Waals surface area contributed by atoms with Gasteiger partial charge < -0.3 is 19.5 Å². The van der Waals surface area contributed by atoms with E-state index in [-0.39, 0.29) is 12.0 Å². The molecule has 2 aromatic carbocycles. The summed E-state index contributed by atoms with van der Waals surface area (Å²) in [5.74, 6) is 2.50. The van der Waals surface area contributed by atoms with Crippen LogP contribution in [0.4, 0.5) is 5.69 Å². The lowest BCUT2D eigenvalue weighted by Crippen LogP contribution is -2.20. The fraction of sp³-hybridized carbons (Fsp3) is 0.250. The fourth-order valence-electron chi connectivity index (χ4n) is 3.99. The van der Waals surface area contributed by atoms with Gasteiger partial charge in [-0.2, -0.15) is 0 Å². The molecule has 5 rings (SSSR count). The van der Waals surface area contributed by atoms with E-state index in [0.29, 0.717) is 35.1 Å². The molecule has 1 unspecified atom stereocenters. The minimum atomic E-state index is -0.262. The van der Waals surface area contributed by atoms with Gasteiger partial charge >= 0.3 is 0 Å². The SMILES string of the molecule is Bc1cc(NC(=O)c2cnc(C)cc2OC2CC2)cc(P)c1Oc1ccnc2cc(OCCC)ccc12. The predicted octanol–water partition coefficient (Wildman–Crippen LogP) is 4.07. The third kappa shape index (κ3) is 5.86. The smallest absolute Gasteiger partial charge is 0.261 e. The van der Waals surface area contributed by atoms with Crippen molar-refractivity contribution in [1.29, 1.82) is 0 Å². The zero-order chi connectivity index (χ0) is 25.9. The molecule has 0 bridgehead atoms. The maximum atomic E-state index is 13.1. The molecule has 1 aliphatic rings. The number of hydrogen-bond acceptors (Lipinski definition) is 6. The van der Waals surface area contributed by atoms with E-state index in [9.17, 15) is 4.79 Å². The van der Waals surface area contributed by atoms with Gasteiger partial charge in [-0.05, 0) is 62.0 Å². The fourth-order valence-corrected chi connectivity index (χ4v) is 4.46. The highest BCUT2D eigenvalue weighted by Crippen LogP contribution is 2.32. The summed E-state index contributed by atoms with van der Waals surface area (Å²) in [6, 6.07) is 13.2. The van der Waals surface area contributed by atoms with Crippen LogP contribution in [-0.4, -0.2) is 36.4 Å². The Balaban J connectivity index is 1.36. The Morgan fingerprint density at radius 1 is 1.14 bits per heavy atom. The van der Waals surface area contributed by atoms with Crippen molar-refractivity contribution in [2.75, 3.05) is 11.9 Å². The van der Waals surface area contributed by atoms with Gasteiger partial charge in [0.1, 0.15) is 36.4 Å². The minimum absolute atomic E-state index is 0.186. The van der Waals surface area contributed by atoms with Crippen LogP contribution in [-0.2, 0) is 0 Å². The Bertz CT molecular complexity index is 1450. The summed E-state index contributed by atoms with van der Waals surface area (Å²) in [5, 5.41) is 4.70. The molecular formula is C28H29BN3O4P. The lowest BCUT2D eigenvalue weighted by molar-refractivity contribution is 0.102. The largest absolute Gasteiger partial charge is 0.494 e. The van der Waals surface area contributed by atoms with E-state index in [2.05, 4.69) is 31.4 Å². The van der Waals surface area contributed by atoms with E-state index in [4.69, 9.17) is 14.2 Å². The molecule has 0 aliphatic heterocycles. The van der Waals surface area contributed by atoms with Gasteiger partial charge in [0.2, 0.25) is 0 Å². The molecule has 188 valence electrons. The zero-order valence-electron chi connectivity index (χ0n) is 21.2. The molecule has 1 saturated carbocycles. The number of benzene rings is 2. The summed E-state index contributed by atoms with van der Waals surface area (Å²) in [6.07, 6.45) is 6.45. The lowest BCUT2D eigenvalue weighted by Gasteiger charge is -2.16. The summed E-state index contributed by atoms with van der Waals surface area (Å²) in [6.45, 7) is 4.62. The van der Waals surface area contributed by atoms with Gasteiger partial charge in [-0.25, -0.2) is 0 Å². The molecule has 2 heterocycles. The first kappa shape index (κ1) is 25.0. The number of pyridine rings is 2. The molecule has 0 spiro atoms. The van der Waals surface area contributed by atoms with Gasteiger partial charge in [-0.3, -0.25) is 14.8 Å². The van der Waals surface area contributed by atoms with Gasteiger partial charge in [0, 0.05) is 46.6 Å². The number of nitrogens with zero attached hydrogens (tertiary/aromatic N) is 2. The lowest BCUT2D eigenvalue weighted by atomic mass is 9.94. The maximum Gasteiger partial charge on any atom is 0.261 e. The van der Waals surface area contributed by atoms with Gasteiger partial charge in [0.15, 0.2) is 0 Å². The van der Waals surface area contributed by atoms with Crippen LogP contribution in [0.25, 0.3) is 10.9 Å². The molecule has 4 aromatic rings. The normalized spacial score (nSPS) is 12.8. The van der Waals surface area contributed by atoms with Gasteiger partial charge in [-0.1, -0.05) is 6.92 Å². The molecular weight excluding hydrogens is 484 g/mol.